The molecule has 1 aliphatic heterocycles. The van der Waals surface area contributed by atoms with Crippen LogP contribution in [0.25, 0.3) is 0 Å². The number of morpholine rings is 1. The van der Waals surface area contributed by atoms with Gasteiger partial charge in [0.25, 0.3) is 0 Å². The maximum absolute atomic E-state index is 12.8. The Kier molecular flexibility index (Phi) is 5.89. The Morgan fingerprint density at radius 2 is 1.92 bits per heavy atom. The highest BCUT2D eigenvalue weighted by Gasteiger charge is 2.33. The summed E-state index contributed by atoms with van der Waals surface area (Å²) in [6, 6.07) is 2.61. The first-order valence-electron chi connectivity index (χ1n) is 7.04. The quantitative estimate of drug-likeness (QED) is 0.863. The van der Waals surface area contributed by atoms with Gasteiger partial charge < -0.3 is 20.3 Å². The fraction of sp³-hybridized carbons (Fsp3) is 0.429. The molecule has 0 bridgehead atoms. The Hall–Kier alpha value is -2.00. The number of benzene rings is 1. The van der Waals surface area contributed by atoms with Gasteiger partial charge in [-0.05, 0) is 18.2 Å². The van der Waals surface area contributed by atoms with Crippen molar-refractivity contribution in [3.05, 3.63) is 28.8 Å². The summed E-state index contributed by atoms with van der Waals surface area (Å²) < 4.78 is 43.4. The average Bonchev–Trinajstić information content (AvgIpc) is 2.54. The lowest BCUT2D eigenvalue weighted by Crippen LogP contribution is -2.47. The molecule has 6 nitrogen and oxygen atoms in total. The summed E-state index contributed by atoms with van der Waals surface area (Å²) in [5, 5.41) is 4.23. The summed E-state index contributed by atoms with van der Waals surface area (Å²) in [4.78, 5) is 25.0. The molecule has 1 fully saturated rings. The third-order valence-electron chi connectivity index (χ3n) is 3.25. The maximum atomic E-state index is 12.8. The Morgan fingerprint density at radius 3 is 2.54 bits per heavy atom. The smallest absolute Gasteiger partial charge is 0.378 e. The summed E-state index contributed by atoms with van der Waals surface area (Å²) >= 11 is 5.50. The zero-order valence-corrected chi connectivity index (χ0v) is 13.2. The number of anilines is 1. The van der Waals surface area contributed by atoms with E-state index in [0.717, 1.165) is 12.1 Å². The molecule has 0 aromatic heterocycles. The van der Waals surface area contributed by atoms with Crippen LogP contribution in [0.2, 0.25) is 5.02 Å². The van der Waals surface area contributed by atoms with E-state index in [-0.39, 0.29) is 12.2 Å². The summed E-state index contributed by atoms with van der Waals surface area (Å²) in [7, 11) is 0. The van der Waals surface area contributed by atoms with Gasteiger partial charge in [-0.25, -0.2) is 4.79 Å². The number of hydrogen-bond acceptors (Lipinski definition) is 3. The number of nitrogens with one attached hydrogen (secondary N) is 2. The van der Waals surface area contributed by atoms with Crippen LogP contribution in [0.3, 0.4) is 0 Å². The Balaban J connectivity index is 1.89. The SMILES string of the molecule is O=C(CNC(=O)N1CCOCC1)Nc1ccc(Cl)c(C(F)(F)F)c1. The van der Waals surface area contributed by atoms with Crippen LogP contribution in [0.5, 0.6) is 0 Å². The molecule has 2 rings (SSSR count). The molecule has 0 saturated carbocycles. The summed E-state index contributed by atoms with van der Waals surface area (Å²) in [6.45, 7) is 1.31. The molecule has 1 aliphatic rings. The fourth-order valence-electron chi connectivity index (χ4n) is 2.06. The predicted octanol–water partition coefficient (Wildman–Crippen LogP) is 2.34. The van der Waals surface area contributed by atoms with E-state index in [1.165, 1.54) is 11.0 Å². The zero-order valence-electron chi connectivity index (χ0n) is 12.5. The molecule has 1 saturated heterocycles. The van der Waals surface area contributed by atoms with Gasteiger partial charge in [-0.15, -0.1) is 0 Å². The standard InChI is InChI=1S/C14H15ClF3N3O3/c15-11-2-1-9(7-10(11)14(16,17)18)20-12(22)8-19-13(23)21-3-5-24-6-4-21/h1-2,7H,3-6,8H2,(H,19,23)(H,20,22). The normalized spacial score (nSPS) is 15.1. The van der Waals surface area contributed by atoms with Crippen LogP contribution in [-0.4, -0.2) is 49.7 Å². The van der Waals surface area contributed by atoms with E-state index < -0.39 is 28.7 Å². The number of urea groups is 1. The first kappa shape index (κ1) is 18.3. The fourth-order valence-corrected chi connectivity index (χ4v) is 2.28. The lowest BCUT2D eigenvalue weighted by Gasteiger charge is -2.26. The van der Waals surface area contributed by atoms with Gasteiger partial charge in [0.05, 0.1) is 30.3 Å². The van der Waals surface area contributed by atoms with Crippen LogP contribution in [0.1, 0.15) is 5.56 Å². The van der Waals surface area contributed by atoms with Gasteiger partial charge >= 0.3 is 12.2 Å². The van der Waals surface area contributed by atoms with Gasteiger partial charge in [-0.1, -0.05) is 11.6 Å². The molecule has 24 heavy (non-hydrogen) atoms. The lowest BCUT2D eigenvalue weighted by molar-refractivity contribution is -0.137. The van der Waals surface area contributed by atoms with Crippen LogP contribution in [0.15, 0.2) is 18.2 Å². The monoisotopic (exact) mass is 365 g/mol. The number of alkyl halides is 3. The maximum Gasteiger partial charge on any atom is 0.417 e. The Labute approximate surface area is 140 Å². The summed E-state index contributed by atoms with van der Waals surface area (Å²) in [6.07, 6.45) is -4.62. The molecule has 0 atom stereocenters. The molecule has 1 aromatic rings. The van der Waals surface area contributed by atoms with Crippen molar-refractivity contribution in [1.29, 1.82) is 0 Å². The molecule has 3 amide bonds. The van der Waals surface area contributed by atoms with E-state index in [2.05, 4.69) is 10.6 Å². The topological polar surface area (TPSA) is 70.7 Å². The van der Waals surface area contributed by atoms with Crippen molar-refractivity contribution in [3.63, 3.8) is 0 Å². The molecular weight excluding hydrogens is 351 g/mol. The second-order valence-electron chi connectivity index (χ2n) is 5.00. The van der Waals surface area contributed by atoms with Crippen molar-refractivity contribution in [3.8, 4) is 0 Å². The minimum absolute atomic E-state index is 0.0580. The van der Waals surface area contributed by atoms with E-state index in [1.54, 1.807) is 0 Å². The predicted molar refractivity (Wildman–Crippen MR) is 80.9 cm³/mol. The van der Waals surface area contributed by atoms with Crippen molar-refractivity contribution < 1.29 is 27.5 Å². The molecule has 0 spiro atoms. The molecule has 1 aromatic carbocycles. The van der Waals surface area contributed by atoms with Crippen LogP contribution >= 0.6 is 11.6 Å². The Morgan fingerprint density at radius 1 is 1.25 bits per heavy atom. The van der Waals surface area contributed by atoms with E-state index in [4.69, 9.17) is 16.3 Å². The first-order valence-corrected chi connectivity index (χ1v) is 7.42. The molecule has 10 heteroatoms. The van der Waals surface area contributed by atoms with Crippen molar-refractivity contribution in [2.75, 3.05) is 38.2 Å². The van der Waals surface area contributed by atoms with Crippen molar-refractivity contribution in [1.82, 2.24) is 10.2 Å². The number of carbonyl (C=O) groups excluding carboxylic acids is 2. The van der Waals surface area contributed by atoms with Crippen LogP contribution in [0.4, 0.5) is 23.7 Å². The van der Waals surface area contributed by atoms with Gasteiger partial charge in [-0.3, -0.25) is 4.79 Å². The van der Waals surface area contributed by atoms with Gasteiger partial charge in [0.2, 0.25) is 5.91 Å². The number of ether oxygens (including phenoxy) is 1. The van der Waals surface area contributed by atoms with E-state index in [1.807, 2.05) is 0 Å². The van der Waals surface area contributed by atoms with Gasteiger partial charge in [0.1, 0.15) is 0 Å². The van der Waals surface area contributed by atoms with Crippen LogP contribution in [0, 0.1) is 0 Å². The minimum atomic E-state index is -4.62. The first-order chi connectivity index (χ1) is 11.3. The molecule has 1 heterocycles. The van der Waals surface area contributed by atoms with Crippen LogP contribution in [-0.2, 0) is 15.7 Å². The zero-order chi connectivity index (χ0) is 17.7. The van der Waals surface area contributed by atoms with Gasteiger partial charge in [0, 0.05) is 18.8 Å². The lowest BCUT2D eigenvalue weighted by atomic mass is 10.2. The second-order valence-corrected chi connectivity index (χ2v) is 5.41. The van der Waals surface area contributed by atoms with Crippen molar-refractivity contribution in [2.24, 2.45) is 0 Å². The van der Waals surface area contributed by atoms with Gasteiger partial charge in [-0.2, -0.15) is 13.2 Å². The molecular formula is C14H15ClF3N3O3. The van der Waals surface area contributed by atoms with E-state index in [0.29, 0.717) is 26.3 Å². The van der Waals surface area contributed by atoms with Crippen molar-refractivity contribution in [2.45, 2.75) is 6.18 Å². The highest BCUT2D eigenvalue weighted by Crippen LogP contribution is 2.36. The molecule has 2 N–H and O–H groups in total. The number of carbonyl (C=O) groups is 2. The summed E-state index contributed by atoms with van der Waals surface area (Å²) in [5.74, 6) is -0.646. The molecule has 132 valence electrons. The number of rotatable bonds is 3. The third-order valence-corrected chi connectivity index (χ3v) is 3.58. The average molecular weight is 366 g/mol. The molecule has 0 aliphatic carbocycles. The Bertz CT molecular complexity index is 619. The minimum Gasteiger partial charge on any atom is -0.378 e. The molecule has 0 unspecified atom stereocenters. The molecule has 0 radical (unpaired) electrons. The number of nitrogens with zero attached hydrogens (tertiary/aromatic N) is 1. The number of halogens is 4. The third kappa shape index (κ3) is 5.00. The largest absolute Gasteiger partial charge is 0.417 e. The summed E-state index contributed by atoms with van der Waals surface area (Å²) in [5.41, 5.74) is -1.10. The number of amides is 3. The van der Waals surface area contributed by atoms with E-state index >= 15 is 0 Å². The van der Waals surface area contributed by atoms with Gasteiger partial charge in [0.15, 0.2) is 0 Å². The highest BCUT2D eigenvalue weighted by atomic mass is 35.5. The van der Waals surface area contributed by atoms with Crippen LogP contribution < -0.4 is 10.6 Å². The second kappa shape index (κ2) is 7.71. The van der Waals surface area contributed by atoms with E-state index in [9.17, 15) is 22.8 Å². The van der Waals surface area contributed by atoms with Crippen molar-refractivity contribution >= 4 is 29.2 Å². The number of hydrogen-bond donors (Lipinski definition) is 2. The highest BCUT2D eigenvalue weighted by molar-refractivity contribution is 6.31.